The lowest BCUT2D eigenvalue weighted by Crippen LogP contribution is -2.66. The van der Waals surface area contributed by atoms with Crippen molar-refractivity contribution in [3.8, 4) is 0 Å². The van der Waals surface area contributed by atoms with Crippen LogP contribution in [-0.4, -0.2) is 95.8 Å². The zero-order chi connectivity index (χ0) is 32.1. The van der Waals surface area contributed by atoms with Crippen LogP contribution in [0.3, 0.4) is 0 Å². The highest BCUT2D eigenvalue weighted by Crippen LogP contribution is 2.53. The summed E-state index contributed by atoms with van der Waals surface area (Å²) in [4.78, 5) is 26.0. The van der Waals surface area contributed by atoms with Crippen molar-refractivity contribution in [3.05, 3.63) is 70.3 Å². The number of likely N-dealkylation sites (N-methyl/N-ethyl adjacent to an activating group) is 1. The fraction of sp³-hybridized carbons (Fsp3) is 0.588. The highest BCUT2D eigenvalue weighted by Gasteiger charge is 2.67. The Hall–Kier alpha value is -2.86. The SMILES string of the molecule is Cc1ccc([C@]23CC(O)[C@H](O)[C@](C(C)(C)O)(CO2)O3)cc1Cc1ccc(CCCC(=O)NCCC(=O)NCCN(C)C)cc1. The maximum Gasteiger partial charge on any atom is 0.221 e. The Morgan fingerprint density at radius 3 is 2.34 bits per heavy atom. The van der Waals surface area contributed by atoms with Gasteiger partial charge in [0.2, 0.25) is 11.8 Å². The van der Waals surface area contributed by atoms with Gasteiger partial charge in [0.1, 0.15) is 6.10 Å². The van der Waals surface area contributed by atoms with Gasteiger partial charge in [0.25, 0.3) is 0 Å². The van der Waals surface area contributed by atoms with Crippen LogP contribution in [0.25, 0.3) is 0 Å². The molecule has 2 heterocycles. The number of ether oxygens (including phenoxy) is 2. The van der Waals surface area contributed by atoms with Crippen molar-refractivity contribution in [1.82, 2.24) is 15.5 Å². The molecule has 2 aromatic carbocycles. The predicted octanol–water partition coefficient (Wildman–Crippen LogP) is 1.93. The molecule has 242 valence electrons. The molecule has 44 heavy (non-hydrogen) atoms. The minimum atomic E-state index is -1.44. The van der Waals surface area contributed by atoms with Crippen LogP contribution in [0.5, 0.6) is 0 Å². The minimum Gasteiger partial charge on any atom is -0.390 e. The van der Waals surface area contributed by atoms with E-state index in [9.17, 15) is 24.9 Å². The van der Waals surface area contributed by atoms with Crippen LogP contribution in [0.4, 0.5) is 0 Å². The van der Waals surface area contributed by atoms with Gasteiger partial charge in [-0.2, -0.15) is 0 Å². The summed E-state index contributed by atoms with van der Waals surface area (Å²) in [5.74, 6) is -1.36. The monoisotopic (exact) mass is 611 g/mol. The van der Waals surface area contributed by atoms with Crippen molar-refractivity contribution >= 4 is 11.8 Å². The number of hydrogen-bond acceptors (Lipinski definition) is 8. The second-order valence-corrected chi connectivity index (χ2v) is 13.0. The van der Waals surface area contributed by atoms with E-state index < -0.39 is 29.2 Å². The average Bonchev–Trinajstić information content (AvgIpc) is 3.31. The van der Waals surface area contributed by atoms with E-state index in [1.54, 1.807) is 13.8 Å². The van der Waals surface area contributed by atoms with Gasteiger partial charge in [0.05, 0.1) is 18.3 Å². The second-order valence-electron chi connectivity index (χ2n) is 13.0. The fourth-order valence-corrected chi connectivity index (χ4v) is 5.95. The lowest BCUT2D eigenvalue weighted by molar-refractivity contribution is -0.308. The van der Waals surface area contributed by atoms with Crippen molar-refractivity contribution in [2.24, 2.45) is 0 Å². The van der Waals surface area contributed by atoms with E-state index in [0.29, 0.717) is 25.9 Å². The topological polar surface area (TPSA) is 141 Å². The molecule has 2 aromatic rings. The van der Waals surface area contributed by atoms with Crippen LogP contribution in [0, 0.1) is 6.92 Å². The molecule has 4 rings (SSSR count). The summed E-state index contributed by atoms with van der Waals surface area (Å²) in [5.41, 5.74) is 2.35. The lowest BCUT2D eigenvalue weighted by atomic mass is 9.76. The number of nitrogens with one attached hydrogen (secondary N) is 2. The molecule has 2 amide bonds. The first-order valence-electron chi connectivity index (χ1n) is 15.5. The number of aliphatic hydroxyl groups excluding tert-OH is 2. The Kier molecular flexibility index (Phi) is 10.9. The van der Waals surface area contributed by atoms with Gasteiger partial charge in [-0.15, -0.1) is 0 Å². The number of fused-ring (bicyclic) bond motifs is 2. The van der Waals surface area contributed by atoms with Crippen LogP contribution in [0.2, 0.25) is 0 Å². The van der Waals surface area contributed by atoms with Gasteiger partial charge in [-0.1, -0.05) is 36.4 Å². The smallest absolute Gasteiger partial charge is 0.221 e. The molecule has 0 aliphatic carbocycles. The first-order chi connectivity index (χ1) is 20.7. The number of carbonyl (C=O) groups excluding carboxylic acids is 2. The molecule has 4 atom stereocenters. The van der Waals surface area contributed by atoms with Gasteiger partial charge in [-0.05, 0) is 82.4 Å². The molecule has 0 aromatic heterocycles. The lowest BCUT2D eigenvalue weighted by Gasteiger charge is -2.48. The van der Waals surface area contributed by atoms with Crippen molar-refractivity contribution in [3.63, 3.8) is 0 Å². The van der Waals surface area contributed by atoms with Crippen LogP contribution in [0.1, 0.15) is 67.3 Å². The Morgan fingerprint density at radius 2 is 1.66 bits per heavy atom. The Bertz CT molecular complexity index is 1290. The number of nitrogens with zero attached hydrogens (tertiary/aromatic N) is 1. The second kappa shape index (κ2) is 14.1. The Morgan fingerprint density at radius 1 is 1.00 bits per heavy atom. The molecule has 0 saturated carbocycles. The third-order valence-electron chi connectivity index (χ3n) is 8.85. The van der Waals surface area contributed by atoms with Crippen LogP contribution >= 0.6 is 0 Å². The highest BCUT2D eigenvalue weighted by molar-refractivity contribution is 5.78. The van der Waals surface area contributed by atoms with Gasteiger partial charge in [0.15, 0.2) is 11.4 Å². The Labute approximate surface area is 260 Å². The van der Waals surface area contributed by atoms with Gasteiger partial charge < -0.3 is 40.3 Å². The Balaban J connectivity index is 1.28. The number of aliphatic hydroxyl groups is 3. The van der Waals surface area contributed by atoms with E-state index in [-0.39, 0.29) is 31.3 Å². The molecular weight excluding hydrogens is 562 g/mol. The van der Waals surface area contributed by atoms with Gasteiger partial charge in [0, 0.05) is 44.5 Å². The first-order valence-corrected chi connectivity index (χ1v) is 15.5. The summed E-state index contributed by atoms with van der Waals surface area (Å²) < 4.78 is 12.5. The molecule has 2 aliphatic rings. The molecule has 0 spiro atoms. The molecule has 10 nitrogen and oxygen atoms in total. The van der Waals surface area contributed by atoms with Crippen LogP contribution in [0.15, 0.2) is 42.5 Å². The number of carbonyl (C=O) groups is 2. The molecule has 2 fully saturated rings. The molecule has 0 radical (unpaired) electrons. The van der Waals surface area contributed by atoms with Crippen molar-refractivity contribution in [1.29, 1.82) is 0 Å². The van der Waals surface area contributed by atoms with E-state index in [1.807, 2.05) is 44.1 Å². The van der Waals surface area contributed by atoms with Crippen LogP contribution < -0.4 is 10.6 Å². The predicted molar refractivity (Wildman–Crippen MR) is 167 cm³/mol. The third-order valence-corrected chi connectivity index (χ3v) is 8.85. The van der Waals surface area contributed by atoms with Gasteiger partial charge >= 0.3 is 0 Å². The maximum atomic E-state index is 12.2. The normalized spacial score (nSPS) is 24.8. The highest BCUT2D eigenvalue weighted by atomic mass is 16.8. The quantitative estimate of drug-likeness (QED) is 0.218. The van der Waals surface area contributed by atoms with Crippen molar-refractivity contribution in [2.45, 2.75) is 88.5 Å². The van der Waals surface area contributed by atoms with E-state index in [1.165, 1.54) is 0 Å². The molecule has 2 aliphatic heterocycles. The number of aryl methyl sites for hydroxylation is 2. The van der Waals surface area contributed by atoms with Crippen LogP contribution in [-0.2, 0) is 37.7 Å². The van der Waals surface area contributed by atoms with Gasteiger partial charge in [-0.25, -0.2) is 0 Å². The molecule has 2 saturated heterocycles. The number of rotatable bonds is 14. The summed E-state index contributed by atoms with van der Waals surface area (Å²) in [6.07, 6.45) is 0.547. The first kappa shape index (κ1) is 34.0. The largest absolute Gasteiger partial charge is 0.390 e. The fourth-order valence-electron chi connectivity index (χ4n) is 5.95. The zero-order valence-electron chi connectivity index (χ0n) is 26.7. The summed E-state index contributed by atoms with van der Waals surface area (Å²) in [6, 6.07) is 14.3. The van der Waals surface area contributed by atoms with E-state index >= 15 is 0 Å². The van der Waals surface area contributed by atoms with Crippen molar-refractivity contribution < 1.29 is 34.4 Å². The molecule has 2 bridgehead atoms. The average molecular weight is 612 g/mol. The molecule has 5 N–H and O–H groups in total. The number of benzene rings is 2. The molecular formula is C34H49N3O7. The summed E-state index contributed by atoms with van der Waals surface area (Å²) in [5, 5.41) is 38.0. The number of amides is 2. The number of hydrogen-bond donors (Lipinski definition) is 5. The minimum absolute atomic E-state index is 0.0322. The molecule has 1 unspecified atom stereocenters. The van der Waals surface area contributed by atoms with E-state index in [2.05, 4.69) is 34.9 Å². The maximum absolute atomic E-state index is 12.2. The standard InChI is InChI=1S/C34H49N3O7/c1-23-9-14-27(34-21-28(38)31(41)33(44-34,22-43-34)32(2,3)42)20-26(23)19-25-12-10-24(11-13-25)7-6-8-29(39)35-16-15-30(40)36-17-18-37(4)5/h9-14,20,28,31,38,41-42H,6-8,15-19,21-22H2,1-5H3,(H,35,39)(H,36,40)/t28?,31-,33-,34+/m0/s1. The van der Waals surface area contributed by atoms with Gasteiger partial charge in [-0.3, -0.25) is 9.59 Å². The summed E-state index contributed by atoms with van der Waals surface area (Å²) >= 11 is 0. The third kappa shape index (κ3) is 7.85. The zero-order valence-corrected chi connectivity index (χ0v) is 26.7. The van der Waals surface area contributed by atoms with Crippen molar-refractivity contribution in [2.75, 3.05) is 40.3 Å². The summed E-state index contributed by atoms with van der Waals surface area (Å²) in [7, 11) is 3.90. The summed E-state index contributed by atoms with van der Waals surface area (Å²) in [6.45, 7) is 6.84. The molecule has 10 heteroatoms. The van der Waals surface area contributed by atoms with E-state index in [4.69, 9.17) is 9.47 Å². The van der Waals surface area contributed by atoms with E-state index in [0.717, 1.165) is 47.2 Å².